The summed E-state index contributed by atoms with van der Waals surface area (Å²) < 4.78 is 44.4. The number of anilines is 2. The van der Waals surface area contributed by atoms with Crippen molar-refractivity contribution in [1.82, 2.24) is 15.5 Å². The fourth-order valence-electron chi connectivity index (χ4n) is 1.40. The number of aromatic nitrogens is 2. The van der Waals surface area contributed by atoms with Crippen LogP contribution in [0.15, 0.2) is 16.5 Å². The summed E-state index contributed by atoms with van der Waals surface area (Å²) in [6.45, 7) is 4.25. The highest BCUT2D eigenvalue weighted by atomic mass is 19.2. The number of nitrogens with zero attached hydrogens (tertiary/aromatic N) is 2. The third kappa shape index (κ3) is 3.47. The summed E-state index contributed by atoms with van der Waals surface area (Å²) in [5.41, 5.74) is -0.282. The maximum atomic E-state index is 13.4. The Balaban J connectivity index is 2.09. The van der Waals surface area contributed by atoms with Crippen molar-refractivity contribution in [2.45, 2.75) is 26.4 Å². The van der Waals surface area contributed by atoms with Gasteiger partial charge in [-0.15, -0.1) is 5.10 Å². The SMILES string of the molecule is CC(C)NCc1nnc(Nc2cc(F)c(F)cc2F)o1. The van der Waals surface area contributed by atoms with Crippen molar-refractivity contribution in [3.05, 3.63) is 35.5 Å². The first kappa shape index (κ1) is 14.3. The Morgan fingerprint density at radius 3 is 2.50 bits per heavy atom. The van der Waals surface area contributed by atoms with Gasteiger partial charge in [-0.3, -0.25) is 0 Å². The molecule has 0 amide bonds. The molecule has 2 rings (SSSR count). The number of halogens is 3. The molecule has 1 aromatic carbocycles. The Labute approximate surface area is 113 Å². The third-order valence-electron chi connectivity index (χ3n) is 2.38. The van der Waals surface area contributed by atoms with E-state index < -0.39 is 17.5 Å². The molecule has 2 N–H and O–H groups in total. The molecule has 0 saturated carbocycles. The first-order valence-electron chi connectivity index (χ1n) is 5.93. The quantitative estimate of drug-likeness (QED) is 0.827. The van der Waals surface area contributed by atoms with E-state index in [1.54, 1.807) is 0 Å². The first-order valence-corrected chi connectivity index (χ1v) is 5.93. The minimum absolute atomic E-state index is 0.101. The van der Waals surface area contributed by atoms with E-state index in [-0.39, 0.29) is 17.7 Å². The Hall–Kier alpha value is -2.09. The maximum absolute atomic E-state index is 13.4. The first-order chi connectivity index (χ1) is 9.45. The van der Waals surface area contributed by atoms with Gasteiger partial charge in [-0.05, 0) is 0 Å². The van der Waals surface area contributed by atoms with Crippen molar-refractivity contribution in [1.29, 1.82) is 0 Å². The molecule has 8 heteroatoms. The van der Waals surface area contributed by atoms with Crippen LogP contribution in [0.4, 0.5) is 24.9 Å². The van der Waals surface area contributed by atoms with Gasteiger partial charge in [-0.2, -0.15) is 0 Å². The van der Waals surface area contributed by atoms with Crippen LogP contribution in [0.2, 0.25) is 0 Å². The molecule has 0 aliphatic rings. The molecule has 108 valence electrons. The van der Waals surface area contributed by atoms with Crippen LogP contribution in [0.5, 0.6) is 0 Å². The number of hydrogen-bond donors (Lipinski definition) is 2. The highest BCUT2D eigenvalue weighted by Crippen LogP contribution is 2.22. The highest BCUT2D eigenvalue weighted by molar-refractivity contribution is 5.52. The van der Waals surface area contributed by atoms with Crippen LogP contribution in [0.1, 0.15) is 19.7 Å². The number of rotatable bonds is 5. The molecule has 20 heavy (non-hydrogen) atoms. The molecule has 0 radical (unpaired) electrons. The van der Waals surface area contributed by atoms with E-state index in [1.165, 1.54) is 0 Å². The predicted octanol–water partition coefficient (Wildman–Crippen LogP) is 2.73. The lowest BCUT2D eigenvalue weighted by Crippen LogP contribution is -2.21. The Morgan fingerprint density at radius 1 is 1.10 bits per heavy atom. The Morgan fingerprint density at radius 2 is 1.80 bits per heavy atom. The van der Waals surface area contributed by atoms with E-state index >= 15 is 0 Å². The van der Waals surface area contributed by atoms with Crippen LogP contribution in [0.25, 0.3) is 0 Å². The second-order valence-corrected chi connectivity index (χ2v) is 4.41. The molecule has 0 spiro atoms. The van der Waals surface area contributed by atoms with Gasteiger partial charge in [-0.1, -0.05) is 18.9 Å². The summed E-state index contributed by atoms with van der Waals surface area (Å²) in [7, 11) is 0. The fraction of sp³-hybridized carbons (Fsp3) is 0.333. The van der Waals surface area contributed by atoms with Gasteiger partial charge < -0.3 is 15.1 Å². The van der Waals surface area contributed by atoms with E-state index in [2.05, 4.69) is 20.8 Å². The molecule has 0 unspecified atom stereocenters. The molecule has 5 nitrogen and oxygen atoms in total. The van der Waals surface area contributed by atoms with Crippen molar-refractivity contribution in [2.75, 3.05) is 5.32 Å². The normalized spacial score (nSPS) is 11.1. The fourth-order valence-corrected chi connectivity index (χ4v) is 1.40. The Bertz CT molecular complexity index is 600. The van der Waals surface area contributed by atoms with Gasteiger partial charge in [0.05, 0.1) is 12.2 Å². The summed E-state index contributed by atoms with van der Waals surface area (Å²) in [4.78, 5) is 0. The third-order valence-corrected chi connectivity index (χ3v) is 2.38. The zero-order valence-corrected chi connectivity index (χ0v) is 10.9. The molecule has 0 fully saturated rings. The van der Waals surface area contributed by atoms with Gasteiger partial charge in [-0.25, -0.2) is 13.2 Å². The lowest BCUT2D eigenvalue weighted by atomic mass is 10.3. The lowest BCUT2D eigenvalue weighted by molar-refractivity contribution is 0.459. The predicted molar refractivity (Wildman–Crippen MR) is 65.9 cm³/mol. The smallest absolute Gasteiger partial charge is 0.320 e. The van der Waals surface area contributed by atoms with Crippen LogP contribution in [-0.4, -0.2) is 16.2 Å². The average molecular weight is 286 g/mol. The van der Waals surface area contributed by atoms with Crippen LogP contribution in [0, 0.1) is 17.5 Å². The van der Waals surface area contributed by atoms with E-state index in [4.69, 9.17) is 4.42 Å². The summed E-state index contributed by atoms with van der Waals surface area (Å²) in [5.74, 6) is -3.09. The molecule has 1 aromatic heterocycles. The second-order valence-electron chi connectivity index (χ2n) is 4.41. The second kappa shape index (κ2) is 5.91. The molecule has 0 aliphatic heterocycles. The lowest BCUT2D eigenvalue weighted by Gasteiger charge is -2.04. The van der Waals surface area contributed by atoms with E-state index in [9.17, 15) is 13.2 Å². The number of benzene rings is 1. The van der Waals surface area contributed by atoms with Crippen LogP contribution >= 0.6 is 0 Å². The van der Waals surface area contributed by atoms with Crippen LogP contribution < -0.4 is 10.6 Å². The van der Waals surface area contributed by atoms with Crippen molar-refractivity contribution in [3.63, 3.8) is 0 Å². The van der Waals surface area contributed by atoms with Gasteiger partial charge in [0, 0.05) is 18.2 Å². The van der Waals surface area contributed by atoms with Gasteiger partial charge in [0.1, 0.15) is 5.82 Å². The zero-order valence-electron chi connectivity index (χ0n) is 10.9. The van der Waals surface area contributed by atoms with Gasteiger partial charge >= 0.3 is 6.01 Å². The molecule has 2 aromatic rings. The van der Waals surface area contributed by atoms with E-state index in [0.717, 1.165) is 0 Å². The zero-order chi connectivity index (χ0) is 14.7. The van der Waals surface area contributed by atoms with Crippen LogP contribution in [-0.2, 0) is 6.54 Å². The number of nitrogens with one attached hydrogen (secondary N) is 2. The molecule has 0 atom stereocenters. The summed E-state index contributed by atoms with van der Waals surface area (Å²) in [6, 6.07) is 1.26. The minimum atomic E-state index is -1.26. The average Bonchev–Trinajstić information content (AvgIpc) is 2.81. The summed E-state index contributed by atoms with van der Waals surface area (Å²) in [6.07, 6.45) is 0. The number of hydrogen-bond acceptors (Lipinski definition) is 5. The van der Waals surface area contributed by atoms with Crippen LogP contribution in [0.3, 0.4) is 0 Å². The minimum Gasteiger partial charge on any atom is -0.406 e. The molecular weight excluding hydrogens is 273 g/mol. The molecule has 0 saturated heterocycles. The van der Waals surface area contributed by atoms with Gasteiger partial charge in [0.25, 0.3) is 0 Å². The van der Waals surface area contributed by atoms with Crippen molar-refractivity contribution in [3.8, 4) is 0 Å². The molecule has 0 aliphatic carbocycles. The van der Waals surface area contributed by atoms with Crippen molar-refractivity contribution < 1.29 is 17.6 Å². The van der Waals surface area contributed by atoms with Crippen molar-refractivity contribution in [2.24, 2.45) is 0 Å². The highest BCUT2D eigenvalue weighted by Gasteiger charge is 2.13. The molecule has 1 heterocycles. The van der Waals surface area contributed by atoms with Crippen molar-refractivity contribution >= 4 is 11.7 Å². The standard InChI is InChI=1S/C12H13F3N4O/c1-6(2)16-5-11-18-19-12(20-11)17-10-4-8(14)7(13)3-9(10)15/h3-4,6,16H,5H2,1-2H3,(H,17,19). The van der Waals surface area contributed by atoms with E-state index in [1.807, 2.05) is 13.8 Å². The molecule has 0 bridgehead atoms. The summed E-state index contributed by atoms with van der Waals surface area (Å²) in [5, 5.41) is 12.8. The Kier molecular flexibility index (Phi) is 4.23. The maximum Gasteiger partial charge on any atom is 0.320 e. The summed E-state index contributed by atoms with van der Waals surface area (Å²) >= 11 is 0. The van der Waals surface area contributed by atoms with Gasteiger partial charge in [0.15, 0.2) is 11.6 Å². The molecular formula is C12H13F3N4O. The van der Waals surface area contributed by atoms with Gasteiger partial charge in [0.2, 0.25) is 5.89 Å². The largest absolute Gasteiger partial charge is 0.406 e. The van der Waals surface area contributed by atoms with E-state index in [0.29, 0.717) is 24.6 Å². The topological polar surface area (TPSA) is 63.0 Å². The monoisotopic (exact) mass is 286 g/mol.